The number of rotatable bonds is 5. The number of aromatic nitrogens is 2. The molecule has 0 bridgehead atoms. The van der Waals surface area contributed by atoms with E-state index in [1.54, 1.807) is 22.9 Å². The molecular weight excluding hydrogens is 322 g/mol. The molecule has 1 heterocycles. The number of carbonyl (C=O) groups excluding carboxylic acids is 1. The fourth-order valence-corrected chi connectivity index (χ4v) is 2.72. The van der Waals surface area contributed by atoms with Crippen LogP contribution >= 0.6 is 11.6 Å². The number of aryl methyl sites for hydroxylation is 1. The van der Waals surface area contributed by atoms with Gasteiger partial charge in [-0.1, -0.05) is 48.0 Å². The summed E-state index contributed by atoms with van der Waals surface area (Å²) in [6, 6.07) is 15.3. The first-order valence-electron chi connectivity index (χ1n) is 7.74. The summed E-state index contributed by atoms with van der Waals surface area (Å²) in [6.45, 7) is 0.566. The maximum absolute atomic E-state index is 12.1. The van der Waals surface area contributed by atoms with E-state index in [1.165, 1.54) is 5.56 Å². The quantitative estimate of drug-likeness (QED) is 0.770. The van der Waals surface area contributed by atoms with Crippen LogP contribution < -0.4 is 5.32 Å². The summed E-state index contributed by atoms with van der Waals surface area (Å²) >= 11 is 6.02. The van der Waals surface area contributed by atoms with Crippen LogP contribution in [0.5, 0.6) is 0 Å². The van der Waals surface area contributed by atoms with Crippen LogP contribution in [-0.4, -0.2) is 22.2 Å². The number of halogens is 1. The molecule has 1 amide bonds. The van der Waals surface area contributed by atoms with Crippen molar-refractivity contribution in [2.45, 2.75) is 6.42 Å². The van der Waals surface area contributed by atoms with Gasteiger partial charge in [0.25, 0.3) is 5.91 Å². The molecule has 1 aromatic heterocycles. The highest BCUT2D eigenvalue weighted by atomic mass is 35.5. The first kappa shape index (κ1) is 16.3. The van der Waals surface area contributed by atoms with Crippen molar-refractivity contribution in [3.63, 3.8) is 0 Å². The number of nitrogens with zero attached hydrogens (tertiary/aromatic N) is 2. The van der Waals surface area contributed by atoms with Crippen molar-refractivity contribution in [2.24, 2.45) is 7.05 Å². The third-order valence-corrected chi connectivity index (χ3v) is 4.14. The molecule has 0 aliphatic heterocycles. The van der Waals surface area contributed by atoms with E-state index in [0.29, 0.717) is 17.1 Å². The molecule has 0 saturated carbocycles. The van der Waals surface area contributed by atoms with Gasteiger partial charge >= 0.3 is 0 Å². The van der Waals surface area contributed by atoms with Gasteiger partial charge in [0.05, 0.1) is 16.8 Å². The fourth-order valence-electron chi connectivity index (χ4n) is 2.50. The third-order valence-electron chi connectivity index (χ3n) is 3.81. The molecule has 0 aliphatic rings. The molecule has 0 fully saturated rings. The van der Waals surface area contributed by atoms with E-state index in [9.17, 15) is 4.79 Å². The van der Waals surface area contributed by atoms with Gasteiger partial charge in [0.1, 0.15) is 0 Å². The smallest absolute Gasteiger partial charge is 0.252 e. The zero-order valence-electron chi connectivity index (χ0n) is 13.4. The third kappa shape index (κ3) is 3.84. The standard InChI is InChI=1S/C19H18ClN3O/c1-23-13-16(12-22-23)15-8-6-14(7-9-15)10-11-21-19(24)17-4-2-3-5-18(17)20/h2-9,12-13H,10-11H2,1H3,(H,21,24). The number of amides is 1. The van der Waals surface area contributed by atoms with Gasteiger partial charge in [0, 0.05) is 25.4 Å². The minimum atomic E-state index is -0.146. The van der Waals surface area contributed by atoms with Crippen molar-refractivity contribution in [3.05, 3.63) is 77.1 Å². The van der Waals surface area contributed by atoms with E-state index < -0.39 is 0 Å². The van der Waals surface area contributed by atoms with Gasteiger partial charge in [0.2, 0.25) is 0 Å². The van der Waals surface area contributed by atoms with E-state index in [4.69, 9.17) is 11.6 Å². The monoisotopic (exact) mass is 339 g/mol. The first-order valence-corrected chi connectivity index (χ1v) is 8.12. The topological polar surface area (TPSA) is 46.9 Å². The Morgan fingerprint density at radius 2 is 1.88 bits per heavy atom. The Bertz CT molecular complexity index is 840. The summed E-state index contributed by atoms with van der Waals surface area (Å²) in [7, 11) is 1.90. The van der Waals surface area contributed by atoms with E-state index in [1.807, 2.05) is 25.5 Å². The second-order valence-electron chi connectivity index (χ2n) is 5.59. The minimum absolute atomic E-state index is 0.146. The van der Waals surface area contributed by atoms with E-state index in [2.05, 4.69) is 34.7 Å². The van der Waals surface area contributed by atoms with Crippen LogP contribution in [0.2, 0.25) is 5.02 Å². The molecule has 3 rings (SSSR count). The lowest BCUT2D eigenvalue weighted by atomic mass is 10.1. The van der Waals surface area contributed by atoms with Gasteiger partial charge in [-0.25, -0.2) is 0 Å². The Morgan fingerprint density at radius 3 is 2.54 bits per heavy atom. The summed E-state index contributed by atoms with van der Waals surface area (Å²) in [5.41, 5.74) is 3.90. The average molecular weight is 340 g/mol. The summed E-state index contributed by atoms with van der Waals surface area (Å²) in [4.78, 5) is 12.1. The van der Waals surface area contributed by atoms with Crippen molar-refractivity contribution in [3.8, 4) is 11.1 Å². The van der Waals surface area contributed by atoms with Crippen molar-refractivity contribution in [2.75, 3.05) is 6.54 Å². The van der Waals surface area contributed by atoms with Gasteiger partial charge in [-0.2, -0.15) is 5.10 Å². The summed E-state index contributed by atoms with van der Waals surface area (Å²) in [5.74, 6) is -0.146. The lowest BCUT2D eigenvalue weighted by molar-refractivity contribution is 0.0954. The Labute approximate surface area is 146 Å². The molecule has 0 unspecified atom stereocenters. The molecule has 0 spiro atoms. The van der Waals surface area contributed by atoms with Crippen LogP contribution in [-0.2, 0) is 13.5 Å². The summed E-state index contributed by atoms with van der Waals surface area (Å²) in [6.07, 6.45) is 4.60. The highest BCUT2D eigenvalue weighted by Gasteiger charge is 2.08. The van der Waals surface area contributed by atoms with E-state index in [0.717, 1.165) is 17.5 Å². The van der Waals surface area contributed by atoms with Gasteiger partial charge in [0.15, 0.2) is 0 Å². The SMILES string of the molecule is Cn1cc(-c2ccc(CCNC(=O)c3ccccc3Cl)cc2)cn1. The van der Waals surface area contributed by atoms with Crippen molar-refractivity contribution < 1.29 is 4.79 Å². The van der Waals surface area contributed by atoms with Crippen molar-refractivity contribution >= 4 is 17.5 Å². The molecule has 0 saturated heterocycles. The molecule has 5 heteroatoms. The molecule has 24 heavy (non-hydrogen) atoms. The summed E-state index contributed by atoms with van der Waals surface area (Å²) < 4.78 is 1.79. The number of hydrogen-bond acceptors (Lipinski definition) is 2. The molecular formula is C19H18ClN3O. The Hall–Kier alpha value is -2.59. The number of carbonyl (C=O) groups is 1. The maximum Gasteiger partial charge on any atom is 0.252 e. The Balaban J connectivity index is 1.55. The fraction of sp³-hybridized carbons (Fsp3) is 0.158. The van der Waals surface area contributed by atoms with Crippen LogP contribution in [0.25, 0.3) is 11.1 Å². The molecule has 4 nitrogen and oxygen atoms in total. The molecule has 122 valence electrons. The number of hydrogen-bond donors (Lipinski definition) is 1. The average Bonchev–Trinajstić information content (AvgIpc) is 3.02. The van der Waals surface area contributed by atoms with Gasteiger partial charge in [-0.05, 0) is 29.7 Å². The predicted molar refractivity (Wildman–Crippen MR) is 96.1 cm³/mol. The molecule has 3 aromatic rings. The largest absolute Gasteiger partial charge is 0.352 e. The van der Waals surface area contributed by atoms with Crippen LogP contribution in [0.15, 0.2) is 60.9 Å². The lowest BCUT2D eigenvalue weighted by Gasteiger charge is -2.07. The maximum atomic E-state index is 12.1. The number of nitrogens with one attached hydrogen (secondary N) is 1. The second-order valence-corrected chi connectivity index (χ2v) is 5.99. The highest BCUT2D eigenvalue weighted by molar-refractivity contribution is 6.33. The van der Waals surface area contributed by atoms with E-state index >= 15 is 0 Å². The molecule has 0 atom stereocenters. The van der Waals surface area contributed by atoms with Crippen LogP contribution in [0.3, 0.4) is 0 Å². The normalized spacial score (nSPS) is 10.6. The predicted octanol–water partition coefficient (Wildman–Crippen LogP) is 3.71. The Kier molecular flexibility index (Phi) is 4.96. The van der Waals surface area contributed by atoms with Crippen LogP contribution in [0, 0.1) is 0 Å². The van der Waals surface area contributed by atoms with E-state index in [-0.39, 0.29) is 5.91 Å². The second kappa shape index (κ2) is 7.32. The van der Waals surface area contributed by atoms with Crippen molar-refractivity contribution in [1.82, 2.24) is 15.1 Å². The zero-order valence-corrected chi connectivity index (χ0v) is 14.1. The zero-order chi connectivity index (χ0) is 16.9. The van der Waals surface area contributed by atoms with Crippen LogP contribution in [0.1, 0.15) is 15.9 Å². The van der Waals surface area contributed by atoms with Gasteiger partial charge in [-0.15, -0.1) is 0 Å². The Morgan fingerprint density at radius 1 is 1.12 bits per heavy atom. The molecule has 2 aromatic carbocycles. The van der Waals surface area contributed by atoms with Crippen LogP contribution in [0.4, 0.5) is 0 Å². The summed E-state index contributed by atoms with van der Waals surface area (Å²) in [5, 5.41) is 7.55. The molecule has 0 aliphatic carbocycles. The van der Waals surface area contributed by atoms with Crippen molar-refractivity contribution in [1.29, 1.82) is 0 Å². The first-order chi connectivity index (χ1) is 11.6. The molecule has 0 radical (unpaired) electrons. The molecule has 1 N–H and O–H groups in total. The number of benzene rings is 2. The van der Waals surface area contributed by atoms with Gasteiger partial charge in [-0.3, -0.25) is 9.48 Å². The highest BCUT2D eigenvalue weighted by Crippen LogP contribution is 2.19. The lowest BCUT2D eigenvalue weighted by Crippen LogP contribution is -2.25. The van der Waals surface area contributed by atoms with Gasteiger partial charge < -0.3 is 5.32 Å². The minimum Gasteiger partial charge on any atom is -0.352 e.